The maximum Gasteiger partial charge on any atom is 0.416 e. The lowest BCUT2D eigenvalue weighted by molar-refractivity contribution is -0.137. The van der Waals surface area contributed by atoms with Crippen molar-refractivity contribution in [1.29, 1.82) is 0 Å². The summed E-state index contributed by atoms with van der Waals surface area (Å²) in [6.07, 6.45) is -2.47. The van der Waals surface area contributed by atoms with Gasteiger partial charge < -0.3 is 10.6 Å². The Morgan fingerprint density at radius 1 is 0.941 bits per heavy atom. The molecule has 1 amide bonds. The molecule has 3 aromatic rings. The number of aromatic nitrogens is 1. The van der Waals surface area contributed by atoms with Gasteiger partial charge in [-0.3, -0.25) is 9.69 Å². The molecule has 2 heterocycles. The molecule has 5 nitrogen and oxygen atoms in total. The quantitative estimate of drug-likeness (QED) is 0.506. The zero-order valence-corrected chi connectivity index (χ0v) is 18.7. The molecule has 0 radical (unpaired) electrons. The summed E-state index contributed by atoms with van der Waals surface area (Å²) in [4.78, 5) is 19.4. The number of carbonyl (C=O) groups is 1. The van der Waals surface area contributed by atoms with Crippen LogP contribution in [0.4, 0.5) is 19.0 Å². The summed E-state index contributed by atoms with van der Waals surface area (Å²) in [7, 11) is 0. The minimum atomic E-state index is -4.42. The first kappa shape index (κ1) is 23.8. The molecule has 2 aromatic carbocycles. The van der Waals surface area contributed by atoms with Crippen molar-refractivity contribution in [2.75, 3.05) is 18.4 Å². The lowest BCUT2D eigenvalue weighted by atomic mass is 10.0. The largest absolute Gasteiger partial charge is 0.416 e. The number of likely N-dealkylation sites (tertiary alicyclic amines) is 1. The van der Waals surface area contributed by atoms with E-state index in [1.165, 1.54) is 11.6 Å². The van der Waals surface area contributed by atoms with Crippen LogP contribution in [0.15, 0.2) is 72.8 Å². The number of nitrogens with zero attached hydrogens (tertiary/aromatic N) is 2. The van der Waals surface area contributed by atoms with Gasteiger partial charge in [0, 0.05) is 32.2 Å². The molecule has 178 valence electrons. The molecule has 1 fully saturated rings. The summed E-state index contributed by atoms with van der Waals surface area (Å²) in [6, 6.07) is 20.8. The maximum atomic E-state index is 12.9. The van der Waals surface area contributed by atoms with Crippen molar-refractivity contribution in [3.63, 3.8) is 0 Å². The number of pyridine rings is 1. The topological polar surface area (TPSA) is 57.3 Å². The second-order valence-corrected chi connectivity index (χ2v) is 8.47. The number of rotatable bonds is 7. The number of hydrogen-bond donors (Lipinski definition) is 2. The highest BCUT2D eigenvalue weighted by Crippen LogP contribution is 2.29. The number of piperidine rings is 1. The van der Waals surface area contributed by atoms with Gasteiger partial charge in [-0.05, 0) is 48.2 Å². The van der Waals surface area contributed by atoms with E-state index in [2.05, 4.69) is 44.8 Å². The Hall–Kier alpha value is -3.39. The second-order valence-electron chi connectivity index (χ2n) is 8.47. The van der Waals surface area contributed by atoms with Crippen LogP contribution in [0.1, 0.15) is 40.0 Å². The molecule has 0 saturated carbocycles. The monoisotopic (exact) mass is 468 g/mol. The van der Waals surface area contributed by atoms with Crippen LogP contribution in [0.2, 0.25) is 0 Å². The fraction of sp³-hybridized carbons (Fsp3) is 0.308. The van der Waals surface area contributed by atoms with Crippen LogP contribution in [-0.2, 0) is 19.3 Å². The number of anilines is 1. The van der Waals surface area contributed by atoms with E-state index in [4.69, 9.17) is 0 Å². The Kier molecular flexibility index (Phi) is 7.47. The molecule has 8 heteroatoms. The summed E-state index contributed by atoms with van der Waals surface area (Å²) in [5.74, 6) is 0.187. The van der Waals surface area contributed by atoms with E-state index in [0.717, 1.165) is 44.6 Å². The fourth-order valence-corrected chi connectivity index (χ4v) is 4.06. The molecule has 1 saturated heterocycles. The first-order valence-corrected chi connectivity index (χ1v) is 11.3. The molecule has 0 aliphatic carbocycles. The predicted octanol–water partition coefficient (Wildman–Crippen LogP) is 5.11. The van der Waals surface area contributed by atoms with E-state index in [1.807, 2.05) is 12.1 Å². The van der Waals surface area contributed by atoms with Gasteiger partial charge in [-0.25, -0.2) is 4.98 Å². The zero-order valence-electron chi connectivity index (χ0n) is 18.7. The van der Waals surface area contributed by atoms with Crippen LogP contribution in [0.25, 0.3) is 0 Å². The van der Waals surface area contributed by atoms with Crippen LogP contribution in [0.3, 0.4) is 0 Å². The van der Waals surface area contributed by atoms with E-state index >= 15 is 0 Å². The Morgan fingerprint density at radius 3 is 2.38 bits per heavy atom. The highest BCUT2D eigenvalue weighted by molar-refractivity contribution is 5.92. The van der Waals surface area contributed by atoms with E-state index in [1.54, 1.807) is 18.2 Å². The highest BCUT2D eigenvalue weighted by atomic mass is 19.4. The third-order valence-electron chi connectivity index (χ3n) is 5.88. The number of hydrogen-bond acceptors (Lipinski definition) is 4. The van der Waals surface area contributed by atoms with Gasteiger partial charge in [-0.15, -0.1) is 0 Å². The standard InChI is InChI=1S/C26H27F3N4O/c27-26(28,29)21-9-4-8-20(16-21)17-30-25(34)23-10-5-11-24(32-23)31-22-12-14-33(15-13-22)18-19-6-2-1-3-7-19/h1-11,16,22H,12-15,17-18H2,(H,30,34)(H,31,32). The minimum absolute atomic E-state index is 0.0119. The summed E-state index contributed by atoms with van der Waals surface area (Å²) < 4.78 is 38.6. The Labute approximate surface area is 197 Å². The Bertz CT molecular complexity index is 1100. The predicted molar refractivity (Wildman–Crippen MR) is 125 cm³/mol. The molecular weight excluding hydrogens is 441 g/mol. The van der Waals surface area contributed by atoms with E-state index in [0.29, 0.717) is 11.4 Å². The number of halogens is 3. The molecule has 0 unspecified atom stereocenters. The number of benzene rings is 2. The smallest absolute Gasteiger partial charge is 0.367 e. The average molecular weight is 469 g/mol. The molecule has 34 heavy (non-hydrogen) atoms. The summed E-state index contributed by atoms with van der Waals surface area (Å²) in [5.41, 5.74) is 1.16. The molecule has 1 aromatic heterocycles. The van der Waals surface area contributed by atoms with Gasteiger partial charge in [-0.1, -0.05) is 48.5 Å². The van der Waals surface area contributed by atoms with E-state index in [9.17, 15) is 18.0 Å². The normalized spacial score (nSPS) is 15.1. The van der Waals surface area contributed by atoms with Gasteiger partial charge in [0.25, 0.3) is 5.91 Å². The van der Waals surface area contributed by atoms with Crippen molar-refractivity contribution in [3.05, 3.63) is 95.2 Å². The highest BCUT2D eigenvalue weighted by Gasteiger charge is 2.30. The third-order valence-corrected chi connectivity index (χ3v) is 5.88. The van der Waals surface area contributed by atoms with Crippen LogP contribution >= 0.6 is 0 Å². The Morgan fingerprint density at radius 2 is 1.65 bits per heavy atom. The van der Waals surface area contributed by atoms with Crippen molar-refractivity contribution >= 4 is 11.7 Å². The van der Waals surface area contributed by atoms with E-state index in [-0.39, 0.29) is 18.3 Å². The summed E-state index contributed by atoms with van der Waals surface area (Å²) in [5, 5.41) is 6.07. The molecule has 4 rings (SSSR count). The van der Waals surface area contributed by atoms with E-state index < -0.39 is 17.6 Å². The summed E-state index contributed by atoms with van der Waals surface area (Å²) in [6.45, 7) is 2.88. The molecule has 0 atom stereocenters. The molecule has 0 spiro atoms. The van der Waals surface area contributed by atoms with Crippen LogP contribution in [0, 0.1) is 0 Å². The lowest BCUT2D eigenvalue weighted by Crippen LogP contribution is -2.38. The lowest BCUT2D eigenvalue weighted by Gasteiger charge is -2.32. The number of nitrogens with one attached hydrogen (secondary N) is 2. The van der Waals surface area contributed by atoms with Crippen molar-refractivity contribution in [1.82, 2.24) is 15.2 Å². The average Bonchev–Trinajstić information content (AvgIpc) is 2.84. The van der Waals surface area contributed by atoms with Crippen LogP contribution in [0.5, 0.6) is 0 Å². The van der Waals surface area contributed by atoms with Crippen molar-refractivity contribution in [2.24, 2.45) is 0 Å². The molecular formula is C26H27F3N4O. The zero-order chi connectivity index (χ0) is 24.0. The number of carbonyl (C=O) groups excluding carboxylic acids is 1. The maximum absolute atomic E-state index is 12.9. The molecule has 1 aliphatic rings. The van der Waals surface area contributed by atoms with Gasteiger partial charge in [-0.2, -0.15) is 13.2 Å². The molecule has 1 aliphatic heterocycles. The Balaban J connectivity index is 1.28. The fourth-order valence-electron chi connectivity index (χ4n) is 4.06. The molecule has 0 bridgehead atoms. The summed E-state index contributed by atoms with van der Waals surface area (Å²) >= 11 is 0. The van der Waals surface area contributed by atoms with Crippen molar-refractivity contribution < 1.29 is 18.0 Å². The number of alkyl halides is 3. The van der Waals surface area contributed by atoms with Crippen LogP contribution in [-0.4, -0.2) is 34.9 Å². The van der Waals surface area contributed by atoms with Crippen molar-refractivity contribution in [3.8, 4) is 0 Å². The number of amides is 1. The van der Waals surface area contributed by atoms with Gasteiger partial charge >= 0.3 is 6.18 Å². The molecule has 2 N–H and O–H groups in total. The second kappa shape index (κ2) is 10.7. The van der Waals surface area contributed by atoms with Crippen LogP contribution < -0.4 is 10.6 Å². The van der Waals surface area contributed by atoms with Gasteiger partial charge in [0.2, 0.25) is 0 Å². The first-order chi connectivity index (χ1) is 16.4. The minimum Gasteiger partial charge on any atom is -0.367 e. The van der Waals surface area contributed by atoms with Gasteiger partial charge in [0.1, 0.15) is 11.5 Å². The SMILES string of the molecule is O=C(NCc1cccc(C(F)(F)F)c1)c1cccc(NC2CCN(Cc3ccccc3)CC2)n1. The van der Waals surface area contributed by atoms with Gasteiger partial charge in [0.15, 0.2) is 0 Å². The third kappa shape index (κ3) is 6.57. The first-order valence-electron chi connectivity index (χ1n) is 11.3. The van der Waals surface area contributed by atoms with Crippen molar-refractivity contribution in [2.45, 2.75) is 38.1 Å². The van der Waals surface area contributed by atoms with Gasteiger partial charge in [0.05, 0.1) is 5.56 Å².